The molecule has 0 aliphatic carbocycles. The molecule has 0 unspecified atom stereocenters. The molecule has 1 aliphatic heterocycles. The number of carbonyl (C=O) groups is 1. The van der Waals surface area contributed by atoms with Crippen molar-refractivity contribution >= 4 is 38.7 Å². The fraction of sp³-hybridized carbons (Fsp3) is 0.435. The summed E-state index contributed by atoms with van der Waals surface area (Å²) in [4.78, 5) is 26.7. The van der Waals surface area contributed by atoms with Crippen LogP contribution < -0.4 is 15.4 Å². The molecule has 3 aromatic rings. The molecule has 4 rings (SSSR count). The van der Waals surface area contributed by atoms with Crippen LogP contribution in [0.3, 0.4) is 0 Å². The van der Waals surface area contributed by atoms with E-state index >= 15 is 0 Å². The molecule has 0 radical (unpaired) electrons. The van der Waals surface area contributed by atoms with Gasteiger partial charge in [-0.25, -0.2) is 9.97 Å². The first kappa shape index (κ1) is 22.5. The highest BCUT2D eigenvalue weighted by molar-refractivity contribution is 9.10. The van der Waals surface area contributed by atoms with Crippen molar-refractivity contribution in [2.75, 3.05) is 32.1 Å². The van der Waals surface area contributed by atoms with E-state index in [-0.39, 0.29) is 18.6 Å². The molecule has 170 valence electrons. The Kier molecular flexibility index (Phi) is 6.95. The lowest BCUT2D eigenvalue weighted by Gasteiger charge is -2.30. The molecule has 1 saturated heterocycles. The van der Waals surface area contributed by atoms with Crippen molar-refractivity contribution in [2.24, 2.45) is 0 Å². The van der Waals surface area contributed by atoms with Crippen LogP contribution in [0.15, 0.2) is 34.9 Å². The van der Waals surface area contributed by atoms with Crippen LogP contribution in [0, 0.1) is 0 Å². The van der Waals surface area contributed by atoms with Crippen molar-refractivity contribution in [1.29, 1.82) is 0 Å². The molecule has 3 N–H and O–H groups in total. The highest BCUT2D eigenvalue weighted by Gasteiger charge is 2.20. The largest absolute Gasteiger partial charge is 0.484 e. The first-order valence-electron chi connectivity index (χ1n) is 10.9. The summed E-state index contributed by atoms with van der Waals surface area (Å²) in [7, 11) is 2.16. The second kappa shape index (κ2) is 9.87. The predicted octanol–water partition coefficient (Wildman–Crippen LogP) is 3.80. The van der Waals surface area contributed by atoms with Gasteiger partial charge in [-0.05, 0) is 87.0 Å². The Hall–Kier alpha value is -2.65. The molecule has 3 heterocycles. The number of aromatic amines is 1. The molecule has 9 heteroatoms. The SMILES string of the molecule is CC(C)NC(=O)COc1ccc(-c2nc3ncc(Br)c(NC4CCN(C)CC4)c3[nH]2)cc1. The van der Waals surface area contributed by atoms with Gasteiger partial charge in [-0.15, -0.1) is 0 Å². The van der Waals surface area contributed by atoms with Gasteiger partial charge in [0.1, 0.15) is 17.1 Å². The Morgan fingerprint density at radius 1 is 1.28 bits per heavy atom. The molecule has 0 bridgehead atoms. The molecule has 1 aromatic carbocycles. The van der Waals surface area contributed by atoms with Crippen LogP contribution >= 0.6 is 15.9 Å². The van der Waals surface area contributed by atoms with Gasteiger partial charge in [-0.2, -0.15) is 0 Å². The minimum atomic E-state index is -0.136. The number of likely N-dealkylation sites (tertiary alicyclic amines) is 1. The topological polar surface area (TPSA) is 95.2 Å². The van der Waals surface area contributed by atoms with Crippen molar-refractivity contribution < 1.29 is 9.53 Å². The standard InChI is InChI=1S/C23H29BrN6O2/c1-14(2)26-19(31)13-32-17-6-4-15(5-7-17)22-28-21-20(18(24)12-25-23(21)29-22)27-16-8-10-30(3)11-9-16/h4-7,12,14,16H,8-11,13H2,1-3H3,(H,26,31)(H2,25,27,28,29). The minimum absolute atomic E-state index is 0.00784. The Morgan fingerprint density at radius 3 is 2.69 bits per heavy atom. The van der Waals surface area contributed by atoms with Gasteiger partial charge in [0, 0.05) is 23.8 Å². The highest BCUT2D eigenvalue weighted by atomic mass is 79.9. The van der Waals surface area contributed by atoms with Crippen LogP contribution in [-0.2, 0) is 4.79 Å². The number of piperidine rings is 1. The van der Waals surface area contributed by atoms with Gasteiger partial charge in [0.15, 0.2) is 12.3 Å². The number of hydrogen-bond donors (Lipinski definition) is 3. The van der Waals surface area contributed by atoms with E-state index in [1.54, 1.807) is 6.20 Å². The zero-order chi connectivity index (χ0) is 22.7. The summed E-state index contributed by atoms with van der Waals surface area (Å²) >= 11 is 3.64. The summed E-state index contributed by atoms with van der Waals surface area (Å²) in [6, 6.07) is 8.04. The average Bonchev–Trinajstić information content (AvgIpc) is 3.20. The van der Waals surface area contributed by atoms with E-state index in [9.17, 15) is 4.79 Å². The fourth-order valence-corrected chi connectivity index (χ4v) is 4.21. The molecule has 0 spiro atoms. The maximum absolute atomic E-state index is 11.8. The van der Waals surface area contributed by atoms with Crippen molar-refractivity contribution in [3.8, 4) is 17.1 Å². The Morgan fingerprint density at radius 2 is 2.00 bits per heavy atom. The first-order valence-corrected chi connectivity index (χ1v) is 11.7. The number of ether oxygens (including phenoxy) is 1. The van der Waals surface area contributed by atoms with Gasteiger partial charge >= 0.3 is 0 Å². The second-order valence-electron chi connectivity index (χ2n) is 8.52. The third-order valence-electron chi connectivity index (χ3n) is 5.49. The van der Waals surface area contributed by atoms with Crippen LogP contribution in [0.2, 0.25) is 0 Å². The number of fused-ring (bicyclic) bond motifs is 1. The fourth-order valence-electron chi connectivity index (χ4n) is 3.79. The summed E-state index contributed by atoms with van der Waals surface area (Å²) in [6.07, 6.45) is 4.00. The highest BCUT2D eigenvalue weighted by Crippen LogP contribution is 2.32. The number of nitrogens with one attached hydrogen (secondary N) is 3. The molecule has 1 fully saturated rings. The number of hydrogen-bond acceptors (Lipinski definition) is 6. The number of amides is 1. The van der Waals surface area contributed by atoms with E-state index in [1.807, 2.05) is 38.1 Å². The normalized spacial score (nSPS) is 15.3. The number of halogens is 1. The molecule has 1 amide bonds. The number of nitrogens with zero attached hydrogens (tertiary/aromatic N) is 3. The van der Waals surface area contributed by atoms with Crippen LogP contribution in [0.5, 0.6) is 5.75 Å². The summed E-state index contributed by atoms with van der Waals surface area (Å²) in [5, 5.41) is 6.49. The lowest BCUT2D eigenvalue weighted by atomic mass is 10.1. The number of H-pyrrole nitrogens is 1. The van der Waals surface area contributed by atoms with Crippen LogP contribution in [0.25, 0.3) is 22.6 Å². The molecular weight excluding hydrogens is 472 g/mol. The van der Waals surface area contributed by atoms with Crippen molar-refractivity contribution in [2.45, 2.75) is 38.8 Å². The van der Waals surface area contributed by atoms with Crippen LogP contribution in [0.4, 0.5) is 5.69 Å². The molecule has 0 saturated carbocycles. The zero-order valence-corrected chi connectivity index (χ0v) is 20.2. The second-order valence-corrected chi connectivity index (χ2v) is 9.38. The lowest BCUT2D eigenvalue weighted by Crippen LogP contribution is -2.36. The molecule has 1 aliphatic rings. The quantitative estimate of drug-likeness (QED) is 0.456. The lowest BCUT2D eigenvalue weighted by molar-refractivity contribution is -0.123. The number of benzene rings is 1. The third-order valence-corrected chi connectivity index (χ3v) is 6.09. The Bertz CT molecular complexity index is 1070. The molecule has 2 aromatic heterocycles. The van der Waals surface area contributed by atoms with E-state index in [0.717, 1.165) is 53.0 Å². The molecular formula is C23H29BrN6O2. The minimum Gasteiger partial charge on any atom is -0.484 e. The summed E-state index contributed by atoms with van der Waals surface area (Å²) < 4.78 is 6.49. The van der Waals surface area contributed by atoms with Gasteiger partial charge in [0.2, 0.25) is 0 Å². The van der Waals surface area contributed by atoms with Crippen LogP contribution in [0.1, 0.15) is 26.7 Å². The number of aromatic nitrogens is 3. The number of rotatable bonds is 7. The number of imidazole rings is 1. The maximum atomic E-state index is 11.8. The van der Waals surface area contributed by atoms with Gasteiger partial charge in [0.05, 0.1) is 10.2 Å². The summed E-state index contributed by atoms with van der Waals surface area (Å²) in [5.74, 6) is 1.23. The zero-order valence-electron chi connectivity index (χ0n) is 18.6. The van der Waals surface area contributed by atoms with Gasteiger partial charge in [-0.3, -0.25) is 4.79 Å². The first-order chi connectivity index (χ1) is 15.4. The van der Waals surface area contributed by atoms with Gasteiger partial charge < -0.3 is 25.3 Å². The van der Waals surface area contributed by atoms with Crippen molar-refractivity contribution in [3.05, 3.63) is 34.9 Å². The summed E-state index contributed by atoms with van der Waals surface area (Å²) in [5.41, 5.74) is 3.48. The molecule has 0 atom stereocenters. The van der Waals surface area contributed by atoms with Crippen molar-refractivity contribution in [3.63, 3.8) is 0 Å². The Labute approximate surface area is 196 Å². The smallest absolute Gasteiger partial charge is 0.258 e. The van der Waals surface area contributed by atoms with E-state index in [1.165, 1.54) is 0 Å². The monoisotopic (exact) mass is 500 g/mol. The number of anilines is 1. The molecule has 32 heavy (non-hydrogen) atoms. The van der Waals surface area contributed by atoms with E-state index in [0.29, 0.717) is 17.4 Å². The number of carbonyl (C=O) groups excluding carboxylic acids is 1. The van der Waals surface area contributed by atoms with Gasteiger partial charge in [-0.1, -0.05) is 0 Å². The Balaban J connectivity index is 1.49. The maximum Gasteiger partial charge on any atom is 0.258 e. The van der Waals surface area contributed by atoms with E-state index in [2.05, 4.69) is 53.5 Å². The van der Waals surface area contributed by atoms with E-state index < -0.39 is 0 Å². The van der Waals surface area contributed by atoms with Crippen molar-refractivity contribution in [1.82, 2.24) is 25.2 Å². The average molecular weight is 501 g/mol. The van der Waals surface area contributed by atoms with E-state index in [4.69, 9.17) is 4.74 Å². The van der Waals surface area contributed by atoms with Crippen LogP contribution in [-0.4, -0.2) is 64.6 Å². The summed E-state index contributed by atoms with van der Waals surface area (Å²) in [6.45, 7) is 6.01. The number of pyridine rings is 1. The third kappa shape index (κ3) is 5.39. The molecule has 8 nitrogen and oxygen atoms in total. The predicted molar refractivity (Wildman–Crippen MR) is 130 cm³/mol. The van der Waals surface area contributed by atoms with Gasteiger partial charge in [0.25, 0.3) is 5.91 Å².